The molecule has 120 valence electrons. The number of piperidine rings is 1. The Morgan fingerprint density at radius 3 is 3.00 bits per heavy atom. The van der Waals surface area contributed by atoms with Crippen molar-refractivity contribution < 1.29 is 4.79 Å². The third-order valence-corrected chi connectivity index (χ3v) is 4.54. The Bertz CT molecular complexity index is 535. The number of nitrogens with zero attached hydrogens (tertiary/aromatic N) is 3. The van der Waals surface area contributed by atoms with Crippen molar-refractivity contribution in [1.29, 1.82) is 0 Å². The molecule has 3 aliphatic rings. The molecular formula is C17H26N4O. The highest BCUT2D eigenvalue weighted by molar-refractivity contribution is 5.85. The Balaban J connectivity index is 1.97. The molecule has 0 saturated carbocycles. The Hall–Kier alpha value is -1.46. The molecular weight excluding hydrogens is 276 g/mol. The minimum Gasteiger partial charge on any atom is -0.298 e. The molecule has 0 aromatic carbocycles. The van der Waals surface area contributed by atoms with Gasteiger partial charge in [0.05, 0.1) is 12.6 Å². The van der Waals surface area contributed by atoms with E-state index in [4.69, 9.17) is 4.99 Å². The van der Waals surface area contributed by atoms with Gasteiger partial charge in [0.15, 0.2) is 11.9 Å². The highest BCUT2D eigenvalue weighted by atomic mass is 16.1. The van der Waals surface area contributed by atoms with Crippen molar-refractivity contribution in [3.8, 4) is 0 Å². The Morgan fingerprint density at radius 1 is 1.45 bits per heavy atom. The fourth-order valence-corrected chi connectivity index (χ4v) is 3.54. The van der Waals surface area contributed by atoms with E-state index >= 15 is 0 Å². The first-order valence-electron chi connectivity index (χ1n) is 8.33. The van der Waals surface area contributed by atoms with E-state index in [9.17, 15) is 4.79 Å². The van der Waals surface area contributed by atoms with E-state index in [-0.39, 0.29) is 12.2 Å². The molecule has 0 radical (unpaired) electrons. The maximum absolute atomic E-state index is 12.1. The molecule has 1 saturated heterocycles. The predicted molar refractivity (Wildman–Crippen MR) is 88.4 cm³/mol. The molecule has 0 aromatic heterocycles. The SMILES string of the molecule is CCCNN1C=C2CC(=O)CN(C(C)C)C2C2=CCC=NC21. The number of allylic oxidation sites excluding steroid dienone is 1. The number of hydrogen-bond donors (Lipinski definition) is 1. The van der Waals surface area contributed by atoms with Gasteiger partial charge in [-0.3, -0.25) is 19.7 Å². The van der Waals surface area contributed by atoms with Crippen LogP contribution in [0.25, 0.3) is 0 Å². The van der Waals surface area contributed by atoms with Gasteiger partial charge in [0.1, 0.15) is 0 Å². The molecule has 2 unspecified atom stereocenters. The molecule has 5 heteroatoms. The van der Waals surface area contributed by atoms with Gasteiger partial charge in [0.25, 0.3) is 0 Å². The van der Waals surface area contributed by atoms with Crippen LogP contribution in [0.2, 0.25) is 0 Å². The zero-order valence-corrected chi connectivity index (χ0v) is 13.7. The smallest absolute Gasteiger partial charge is 0.157 e. The number of likely N-dealkylation sites (tertiary alicyclic amines) is 1. The van der Waals surface area contributed by atoms with Crippen molar-refractivity contribution >= 4 is 12.0 Å². The highest BCUT2D eigenvalue weighted by Crippen LogP contribution is 2.36. The number of hydrogen-bond acceptors (Lipinski definition) is 5. The van der Waals surface area contributed by atoms with Gasteiger partial charge in [-0.15, -0.1) is 0 Å². The number of dihydropyridines is 1. The van der Waals surface area contributed by atoms with E-state index < -0.39 is 0 Å². The van der Waals surface area contributed by atoms with Crippen LogP contribution in [0.3, 0.4) is 0 Å². The molecule has 3 heterocycles. The zero-order valence-electron chi connectivity index (χ0n) is 13.7. The summed E-state index contributed by atoms with van der Waals surface area (Å²) in [6.07, 6.45) is 8.95. The van der Waals surface area contributed by atoms with Crippen LogP contribution < -0.4 is 5.43 Å². The second-order valence-electron chi connectivity index (χ2n) is 6.55. The summed E-state index contributed by atoms with van der Waals surface area (Å²) in [6.45, 7) is 7.95. The third-order valence-electron chi connectivity index (χ3n) is 4.54. The van der Waals surface area contributed by atoms with Gasteiger partial charge in [-0.25, -0.2) is 5.43 Å². The summed E-state index contributed by atoms with van der Waals surface area (Å²) < 4.78 is 0. The van der Waals surface area contributed by atoms with E-state index in [1.807, 2.05) is 6.21 Å². The number of hydrazine groups is 1. The predicted octanol–water partition coefficient (Wildman–Crippen LogP) is 1.88. The summed E-state index contributed by atoms with van der Waals surface area (Å²) in [6, 6.07) is 0.583. The quantitative estimate of drug-likeness (QED) is 0.806. The molecule has 0 bridgehead atoms. The van der Waals surface area contributed by atoms with Crippen LogP contribution in [0.5, 0.6) is 0 Å². The average molecular weight is 302 g/mol. The molecule has 1 N–H and O–H groups in total. The molecule has 0 amide bonds. The number of carbonyl (C=O) groups is 1. The standard InChI is InChI=1S/C17H26N4O/c1-4-7-19-21-10-13-9-14(22)11-20(12(2)3)16(13)15-6-5-8-18-17(15)21/h6,8,10,12,16-17,19H,4-5,7,9,11H2,1-3H3. The maximum Gasteiger partial charge on any atom is 0.157 e. The first-order valence-corrected chi connectivity index (χ1v) is 8.33. The van der Waals surface area contributed by atoms with Crippen LogP contribution in [0.4, 0.5) is 0 Å². The summed E-state index contributed by atoms with van der Waals surface area (Å²) in [5.41, 5.74) is 5.96. The van der Waals surface area contributed by atoms with Gasteiger partial charge in [-0.1, -0.05) is 13.0 Å². The molecule has 22 heavy (non-hydrogen) atoms. The van der Waals surface area contributed by atoms with Crippen molar-refractivity contribution in [3.05, 3.63) is 23.4 Å². The van der Waals surface area contributed by atoms with Gasteiger partial charge in [-0.05, 0) is 31.4 Å². The van der Waals surface area contributed by atoms with Crippen LogP contribution in [0, 0.1) is 0 Å². The number of Topliss-reactive ketones (excluding diaryl/α,β-unsaturated/α-hetero) is 1. The van der Waals surface area contributed by atoms with Crippen molar-refractivity contribution in [2.45, 2.75) is 58.3 Å². The van der Waals surface area contributed by atoms with Crippen molar-refractivity contribution in [3.63, 3.8) is 0 Å². The summed E-state index contributed by atoms with van der Waals surface area (Å²) in [4.78, 5) is 19.2. The molecule has 0 aromatic rings. The monoisotopic (exact) mass is 302 g/mol. The Morgan fingerprint density at radius 2 is 2.27 bits per heavy atom. The number of carbonyl (C=O) groups excluding carboxylic acids is 1. The molecule has 0 spiro atoms. The van der Waals surface area contributed by atoms with Crippen LogP contribution >= 0.6 is 0 Å². The van der Waals surface area contributed by atoms with Gasteiger partial charge < -0.3 is 0 Å². The van der Waals surface area contributed by atoms with Crippen LogP contribution in [0.15, 0.2) is 28.4 Å². The summed E-state index contributed by atoms with van der Waals surface area (Å²) in [5, 5.41) is 2.09. The lowest BCUT2D eigenvalue weighted by Gasteiger charge is -2.48. The molecule has 3 rings (SSSR count). The minimum atomic E-state index is 0.0310. The van der Waals surface area contributed by atoms with Gasteiger partial charge >= 0.3 is 0 Å². The van der Waals surface area contributed by atoms with E-state index in [0.29, 0.717) is 24.8 Å². The minimum absolute atomic E-state index is 0.0310. The molecule has 1 fully saturated rings. The van der Waals surface area contributed by atoms with E-state index in [0.717, 1.165) is 19.4 Å². The lowest BCUT2D eigenvalue weighted by Crippen LogP contribution is -2.57. The lowest BCUT2D eigenvalue weighted by atomic mass is 9.84. The lowest BCUT2D eigenvalue weighted by molar-refractivity contribution is -0.122. The number of aliphatic imine (C=N–C) groups is 1. The number of fused-ring (bicyclic) bond motifs is 3. The van der Waals surface area contributed by atoms with Gasteiger partial charge in [-0.2, -0.15) is 0 Å². The van der Waals surface area contributed by atoms with Crippen molar-refractivity contribution in [2.24, 2.45) is 4.99 Å². The van der Waals surface area contributed by atoms with E-state index in [1.165, 1.54) is 11.1 Å². The van der Waals surface area contributed by atoms with Crippen LogP contribution in [-0.4, -0.2) is 53.2 Å². The summed E-state index contributed by atoms with van der Waals surface area (Å²) >= 11 is 0. The van der Waals surface area contributed by atoms with Crippen LogP contribution in [-0.2, 0) is 4.79 Å². The Kier molecular flexibility index (Phi) is 4.45. The number of nitrogens with one attached hydrogen (secondary N) is 1. The van der Waals surface area contributed by atoms with Crippen molar-refractivity contribution in [2.75, 3.05) is 13.1 Å². The largest absolute Gasteiger partial charge is 0.298 e. The second-order valence-corrected chi connectivity index (χ2v) is 6.55. The summed E-state index contributed by atoms with van der Waals surface area (Å²) in [7, 11) is 0. The van der Waals surface area contributed by atoms with Gasteiger partial charge in [0, 0.05) is 37.8 Å². The summed E-state index contributed by atoms with van der Waals surface area (Å²) in [5.74, 6) is 0.310. The molecule has 0 aliphatic carbocycles. The van der Waals surface area contributed by atoms with Crippen molar-refractivity contribution in [1.82, 2.24) is 15.3 Å². The second kappa shape index (κ2) is 6.34. The van der Waals surface area contributed by atoms with Gasteiger partial charge in [0.2, 0.25) is 0 Å². The fourth-order valence-electron chi connectivity index (χ4n) is 3.54. The van der Waals surface area contributed by atoms with Crippen LogP contribution in [0.1, 0.15) is 40.0 Å². The zero-order chi connectivity index (χ0) is 15.7. The number of ketones is 1. The Labute approximate surface area is 132 Å². The highest BCUT2D eigenvalue weighted by Gasteiger charge is 2.42. The molecule has 3 aliphatic heterocycles. The number of rotatable bonds is 4. The average Bonchev–Trinajstić information content (AvgIpc) is 2.51. The molecule has 5 nitrogen and oxygen atoms in total. The topological polar surface area (TPSA) is 47.9 Å². The third kappa shape index (κ3) is 2.75. The first kappa shape index (κ1) is 15.4. The fraction of sp³-hybridized carbons (Fsp3) is 0.647. The normalized spacial score (nSPS) is 28.4. The maximum atomic E-state index is 12.1. The first-order chi connectivity index (χ1) is 10.6. The molecule has 2 atom stereocenters. The van der Waals surface area contributed by atoms with E-state index in [1.54, 1.807) is 0 Å². The van der Waals surface area contributed by atoms with E-state index in [2.05, 4.69) is 48.4 Å².